The summed E-state index contributed by atoms with van der Waals surface area (Å²) in [5, 5.41) is 5.61. The van der Waals surface area contributed by atoms with Crippen molar-refractivity contribution in [1.29, 1.82) is 0 Å². The molecule has 1 aliphatic heterocycles. The molecule has 2 N–H and O–H groups in total. The van der Waals surface area contributed by atoms with Gasteiger partial charge in [-0.15, -0.1) is 0 Å². The van der Waals surface area contributed by atoms with Crippen molar-refractivity contribution >= 4 is 29.0 Å². The Morgan fingerprint density at radius 2 is 1.72 bits per heavy atom. The average molecular weight is 387 g/mol. The Balaban J connectivity index is 1.60. The molecule has 6 heteroatoms. The summed E-state index contributed by atoms with van der Waals surface area (Å²) in [5.74, 6) is 0.915. The van der Waals surface area contributed by atoms with Crippen LogP contribution in [0.1, 0.15) is 22.8 Å². The fourth-order valence-electron chi connectivity index (χ4n) is 3.32. The molecule has 0 unspecified atom stereocenters. The number of urea groups is 1. The third-order valence-electron chi connectivity index (χ3n) is 4.80. The molecular formula is C23H21N3O3. The van der Waals surface area contributed by atoms with Crippen LogP contribution in [0.25, 0.3) is 0 Å². The van der Waals surface area contributed by atoms with Crippen LogP contribution in [0.15, 0.2) is 66.7 Å². The number of nitrogens with zero attached hydrogens (tertiary/aromatic N) is 1. The zero-order valence-electron chi connectivity index (χ0n) is 16.2. The number of benzene rings is 3. The predicted octanol–water partition coefficient (Wildman–Crippen LogP) is 5.41. The van der Waals surface area contributed by atoms with Gasteiger partial charge in [0.2, 0.25) is 0 Å². The first-order valence-corrected chi connectivity index (χ1v) is 9.43. The second-order valence-corrected chi connectivity index (χ2v) is 6.72. The van der Waals surface area contributed by atoms with E-state index in [-0.39, 0.29) is 11.9 Å². The molecule has 1 heterocycles. The highest BCUT2D eigenvalue weighted by molar-refractivity contribution is 6.10. The number of aryl methyl sites for hydroxylation is 1. The molecule has 0 aliphatic carbocycles. The van der Waals surface area contributed by atoms with Crippen molar-refractivity contribution in [1.82, 2.24) is 0 Å². The first-order chi connectivity index (χ1) is 14.1. The van der Waals surface area contributed by atoms with Gasteiger partial charge in [0, 0.05) is 17.9 Å². The zero-order valence-corrected chi connectivity index (χ0v) is 16.2. The fourth-order valence-corrected chi connectivity index (χ4v) is 3.32. The quantitative estimate of drug-likeness (QED) is 0.631. The van der Waals surface area contributed by atoms with E-state index in [4.69, 9.17) is 4.74 Å². The van der Waals surface area contributed by atoms with Crippen molar-refractivity contribution in [3.8, 4) is 11.5 Å². The summed E-state index contributed by atoms with van der Waals surface area (Å²) >= 11 is 0. The van der Waals surface area contributed by atoms with Crippen molar-refractivity contribution in [2.75, 3.05) is 22.1 Å². The van der Waals surface area contributed by atoms with Gasteiger partial charge in [-0.25, -0.2) is 4.79 Å². The van der Waals surface area contributed by atoms with Crippen molar-refractivity contribution in [3.63, 3.8) is 0 Å². The molecule has 0 bridgehead atoms. The highest BCUT2D eigenvalue weighted by Gasteiger charge is 2.27. The Kier molecular flexibility index (Phi) is 4.91. The number of fused-ring (bicyclic) bond motifs is 2. The Morgan fingerprint density at radius 1 is 0.966 bits per heavy atom. The molecular weight excluding hydrogens is 366 g/mol. The molecule has 3 aromatic rings. The molecule has 0 radical (unpaired) electrons. The average Bonchev–Trinajstić information content (AvgIpc) is 2.83. The molecule has 0 aromatic heterocycles. The maximum atomic E-state index is 13.1. The van der Waals surface area contributed by atoms with Crippen LogP contribution in [0.4, 0.5) is 21.9 Å². The summed E-state index contributed by atoms with van der Waals surface area (Å²) in [6.07, 6.45) is 0. The van der Waals surface area contributed by atoms with Crippen molar-refractivity contribution < 1.29 is 14.3 Å². The number of hydrogen-bond donors (Lipinski definition) is 2. The highest BCUT2D eigenvalue weighted by atomic mass is 16.5. The number of carbonyl (C=O) groups is 2. The Bertz CT molecular complexity index is 1090. The van der Waals surface area contributed by atoms with Crippen LogP contribution in [-0.2, 0) is 0 Å². The summed E-state index contributed by atoms with van der Waals surface area (Å²) < 4.78 is 5.99. The molecule has 0 spiro atoms. The lowest BCUT2D eigenvalue weighted by molar-refractivity contribution is 0.0988. The van der Waals surface area contributed by atoms with E-state index in [1.54, 1.807) is 23.1 Å². The van der Waals surface area contributed by atoms with Gasteiger partial charge in [-0.3, -0.25) is 4.79 Å². The second-order valence-electron chi connectivity index (χ2n) is 6.72. The van der Waals surface area contributed by atoms with Crippen molar-refractivity contribution in [3.05, 3.63) is 77.9 Å². The van der Waals surface area contributed by atoms with Gasteiger partial charge in [-0.2, -0.15) is 0 Å². The van der Waals surface area contributed by atoms with E-state index in [0.717, 1.165) is 16.9 Å². The van der Waals surface area contributed by atoms with Crippen LogP contribution < -0.4 is 20.3 Å². The number of ether oxygens (including phenoxy) is 1. The molecule has 4 rings (SSSR count). The van der Waals surface area contributed by atoms with Crippen LogP contribution in [0.3, 0.4) is 0 Å². The summed E-state index contributed by atoms with van der Waals surface area (Å²) in [4.78, 5) is 27.2. The highest BCUT2D eigenvalue weighted by Crippen LogP contribution is 2.39. The van der Waals surface area contributed by atoms with E-state index in [1.165, 1.54) is 0 Å². The number of rotatable bonds is 3. The van der Waals surface area contributed by atoms with Gasteiger partial charge in [0.05, 0.1) is 11.3 Å². The largest absolute Gasteiger partial charge is 0.454 e. The summed E-state index contributed by atoms with van der Waals surface area (Å²) in [6.45, 7) is 4.34. The van der Waals surface area contributed by atoms with Crippen LogP contribution in [0, 0.1) is 6.92 Å². The molecule has 3 amide bonds. The lowest BCUT2D eigenvalue weighted by atomic mass is 10.1. The van der Waals surface area contributed by atoms with Gasteiger partial charge in [0.15, 0.2) is 5.75 Å². The first-order valence-electron chi connectivity index (χ1n) is 9.43. The Labute approximate surface area is 169 Å². The van der Waals surface area contributed by atoms with Gasteiger partial charge in [-0.1, -0.05) is 30.3 Å². The Hall–Kier alpha value is -3.80. The predicted molar refractivity (Wildman–Crippen MR) is 114 cm³/mol. The number of carbonyl (C=O) groups excluding carboxylic acids is 2. The third kappa shape index (κ3) is 3.65. The molecule has 1 aliphatic rings. The standard InChI is InChI=1S/C23H21N3O3/c1-3-26-19-10-6-7-11-21(19)29-20-13-12-16(14-17(20)22(26)27)24-23(28)25-18-9-5-4-8-15(18)2/h4-14H,3H2,1-2H3,(H2,24,25,28). The number of anilines is 3. The number of nitrogens with one attached hydrogen (secondary N) is 2. The molecule has 6 nitrogen and oxygen atoms in total. The normalized spacial score (nSPS) is 12.3. The van der Waals surface area contributed by atoms with Gasteiger partial charge < -0.3 is 20.3 Å². The third-order valence-corrected chi connectivity index (χ3v) is 4.80. The van der Waals surface area contributed by atoms with Gasteiger partial charge in [-0.05, 0) is 55.8 Å². The lowest BCUT2D eigenvalue weighted by Gasteiger charge is -2.19. The molecule has 0 fully saturated rings. The van der Waals surface area contributed by atoms with E-state index in [2.05, 4.69) is 10.6 Å². The van der Waals surface area contributed by atoms with Gasteiger partial charge in [0.1, 0.15) is 5.75 Å². The Morgan fingerprint density at radius 3 is 2.52 bits per heavy atom. The summed E-state index contributed by atoms with van der Waals surface area (Å²) in [5.41, 5.74) is 3.32. The smallest absolute Gasteiger partial charge is 0.323 e. The summed E-state index contributed by atoms with van der Waals surface area (Å²) in [6, 6.07) is 19.6. The van der Waals surface area contributed by atoms with E-state index in [0.29, 0.717) is 29.3 Å². The second kappa shape index (κ2) is 7.67. The van der Waals surface area contributed by atoms with Crippen LogP contribution in [0.5, 0.6) is 11.5 Å². The van der Waals surface area contributed by atoms with Gasteiger partial charge in [0.25, 0.3) is 5.91 Å². The molecule has 29 heavy (non-hydrogen) atoms. The number of amides is 3. The minimum absolute atomic E-state index is 0.171. The maximum absolute atomic E-state index is 13.1. The molecule has 0 saturated carbocycles. The van der Waals surface area contributed by atoms with Crippen molar-refractivity contribution in [2.45, 2.75) is 13.8 Å². The first kappa shape index (κ1) is 18.6. The molecule has 0 atom stereocenters. The molecule has 0 saturated heterocycles. The van der Waals surface area contributed by atoms with Crippen LogP contribution >= 0.6 is 0 Å². The van der Waals surface area contributed by atoms with E-state index < -0.39 is 0 Å². The fraction of sp³-hybridized carbons (Fsp3) is 0.130. The lowest BCUT2D eigenvalue weighted by Crippen LogP contribution is -2.30. The van der Waals surface area contributed by atoms with Crippen molar-refractivity contribution in [2.24, 2.45) is 0 Å². The summed E-state index contributed by atoms with van der Waals surface area (Å²) in [7, 11) is 0. The van der Waals surface area contributed by atoms with E-state index in [9.17, 15) is 9.59 Å². The van der Waals surface area contributed by atoms with Gasteiger partial charge >= 0.3 is 6.03 Å². The monoisotopic (exact) mass is 387 g/mol. The van der Waals surface area contributed by atoms with Crippen LogP contribution in [-0.4, -0.2) is 18.5 Å². The molecule has 146 valence electrons. The SMILES string of the molecule is CCN1C(=O)c2cc(NC(=O)Nc3ccccc3C)ccc2Oc2ccccc21. The zero-order chi connectivity index (χ0) is 20.4. The molecule has 3 aromatic carbocycles. The minimum Gasteiger partial charge on any atom is -0.454 e. The van der Waals surface area contributed by atoms with E-state index in [1.807, 2.05) is 62.4 Å². The number of para-hydroxylation sites is 3. The van der Waals surface area contributed by atoms with E-state index >= 15 is 0 Å². The van der Waals surface area contributed by atoms with Crippen LogP contribution in [0.2, 0.25) is 0 Å². The minimum atomic E-state index is -0.378. The topological polar surface area (TPSA) is 70.7 Å². The number of hydrogen-bond acceptors (Lipinski definition) is 3. The maximum Gasteiger partial charge on any atom is 0.323 e.